The summed E-state index contributed by atoms with van der Waals surface area (Å²) in [6, 6.07) is 4.79. The molecular weight excluding hydrogens is 263 g/mol. The summed E-state index contributed by atoms with van der Waals surface area (Å²) in [7, 11) is 0. The van der Waals surface area contributed by atoms with Gasteiger partial charge in [0.05, 0.1) is 0 Å². The van der Waals surface area contributed by atoms with Crippen molar-refractivity contribution >= 4 is 29.1 Å². The van der Waals surface area contributed by atoms with Gasteiger partial charge in [-0.2, -0.15) is 0 Å². The van der Waals surface area contributed by atoms with E-state index in [1.165, 1.54) is 0 Å². The first-order valence-corrected chi connectivity index (χ1v) is 5.89. The molecule has 1 aromatic carbocycles. The first kappa shape index (κ1) is 14.1. The highest BCUT2D eigenvalue weighted by atomic mass is 35.5. The molecule has 1 atom stereocenters. The van der Waals surface area contributed by atoms with Crippen molar-refractivity contribution in [3.63, 3.8) is 0 Å². The molecule has 17 heavy (non-hydrogen) atoms. The van der Waals surface area contributed by atoms with E-state index in [0.29, 0.717) is 28.9 Å². The minimum absolute atomic E-state index is 0.230. The van der Waals surface area contributed by atoms with Crippen molar-refractivity contribution in [2.45, 2.75) is 13.0 Å². The fraction of sp³-hybridized carbons (Fsp3) is 0.364. The van der Waals surface area contributed by atoms with Crippen molar-refractivity contribution in [1.82, 2.24) is 5.32 Å². The van der Waals surface area contributed by atoms with E-state index in [0.717, 1.165) is 0 Å². The van der Waals surface area contributed by atoms with Gasteiger partial charge in [0, 0.05) is 23.1 Å². The highest BCUT2D eigenvalue weighted by Crippen LogP contribution is 2.24. The van der Waals surface area contributed by atoms with E-state index in [4.69, 9.17) is 33.7 Å². The van der Waals surface area contributed by atoms with Gasteiger partial charge in [-0.15, -0.1) is 0 Å². The van der Waals surface area contributed by atoms with Crippen LogP contribution in [-0.2, 0) is 4.79 Å². The van der Waals surface area contributed by atoms with E-state index in [1.807, 2.05) is 0 Å². The number of nitrogens with two attached hydrogens (primary N) is 1. The fourth-order valence-electron chi connectivity index (χ4n) is 1.19. The van der Waals surface area contributed by atoms with Gasteiger partial charge in [-0.05, 0) is 25.1 Å². The van der Waals surface area contributed by atoms with Crippen LogP contribution in [-0.4, -0.2) is 25.1 Å². The third kappa shape index (κ3) is 4.81. The summed E-state index contributed by atoms with van der Waals surface area (Å²) in [6.45, 7) is 2.45. The van der Waals surface area contributed by atoms with Crippen LogP contribution in [0.25, 0.3) is 0 Å². The summed E-state index contributed by atoms with van der Waals surface area (Å²) in [6.07, 6.45) is -0.629. The Morgan fingerprint density at radius 3 is 2.53 bits per heavy atom. The number of carbonyl (C=O) groups excluding carboxylic acids is 1. The Balaban J connectivity index is 2.60. The molecule has 0 aromatic heterocycles. The van der Waals surface area contributed by atoms with Crippen LogP contribution in [0.2, 0.25) is 10.0 Å². The van der Waals surface area contributed by atoms with Crippen LogP contribution in [0.15, 0.2) is 18.2 Å². The van der Waals surface area contributed by atoms with Crippen molar-refractivity contribution < 1.29 is 9.53 Å². The number of benzene rings is 1. The first-order chi connectivity index (χ1) is 8.02. The second kappa shape index (κ2) is 6.69. The molecule has 0 heterocycles. The van der Waals surface area contributed by atoms with Crippen LogP contribution in [0, 0.1) is 0 Å². The molecule has 0 aliphatic rings. The summed E-state index contributed by atoms with van der Waals surface area (Å²) in [5.41, 5.74) is 5.28. The largest absolute Gasteiger partial charge is 0.481 e. The standard InChI is InChI=1S/C11H14Cl2N2O2/c1-7(11(16)15-3-2-14)17-10-5-8(12)4-9(13)6-10/h4-7H,2-3,14H2,1H3,(H,15,16). The Morgan fingerprint density at radius 1 is 1.41 bits per heavy atom. The van der Waals surface area contributed by atoms with E-state index in [-0.39, 0.29) is 5.91 Å². The Labute approximate surface area is 110 Å². The molecule has 0 aliphatic heterocycles. The minimum atomic E-state index is -0.629. The molecule has 0 spiro atoms. The Bertz CT molecular complexity index is 379. The minimum Gasteiger partial charge on any atom is -0.481 e. The predicted molar refractivity (Wildman–Crippen MR) is 68.6 cm³/mol. The van der Waals surface area contributed by atoms with Crippen molar-refractivity contribution in [2.75, 3.05) is 13.1 Å². The third-order valence-corrected chi connectivity index (χ3v) is 2.40. The van der Waals surface area contributed by atoms with Gasteiger partial charge >= 0.3 is 0 Å². The number of nitrogens with one attached hydrogen (secondary N) is 1. The average Bonchev–Trinajstić information content (AvgIpc) is 2.24. The monoisotopic (exact) mass is 276 g/mol. The van der Waals surface area contributed by atoms with Crippen LogP contribution >= 0.6 is 23.2 Å². The van der Waals surface area contributed by atoms with Crippen molar-refractivity contribution in [3.05, 3.63) is 28.2 Å². The van der Waals surface area contributed by atoms with Gasteiger partial charge < -0.3 is 15.8 Å². The van der Waals surface area contributed by atoms with Gasteiger partial charge in [-0.3, -0.25) is 4.79 Å². The molecule has 0 bridgehead atoms. The maximum Gasteiger partial charge on any atom is 0.260 e. The summed E-state index contributed by atoms with van der Waals surface area (Å²) in [4.78, 5) is 11.5. The summed E-state index contributed by atoms with van der Waals surface area (Å²) >= 11 is 11.6. The SMILES string of the molecule is CC(Oc1cc(Cl)cc(Cl)c1)C(=O)NCCN. The maximum atomic E-state index is 11.5. The quantitative estimate of drug-likeness (QED) is 0.863. The Kier molecular flexibility index (Phi) is 5.55. The van der Waals surface area contributed by atoms with E-state index < -0.39 is 6.10 Å². The van der Waals surface area contributed by atoms with E-state index >= 15 is 0 Å². The Morgan fingerprint density at radius 2 is 2.00 bits per heavy atom. The second-order valence-electron chi connectivity index (χ2n) is 3.44. The predicted octanol–water partition coefficient (Wildman–Crippen LogP) is 1.84. The molecule has 1 aromatic rings. The highest BCUT2D eigenvalue weighted by Gasteiger charge is 2.14. The molecule has 1 unspecified atom stereocenters. The van der Waals surface area contributed by atoms with Gasteiger partial charge in [0.25, 0.3) is 5.91 Å². The second-order valence-corrected chi connectivity index (χ2v) is 4.32. The number of hydrogen-bond donors (Lipinski definition) is 2. The van der Waals surface area contributed by atoms with Gasteiger partial charge in [0.2, 0.25) is 0 Å². The van der Waals surface area contributed by atoms with Crippen molar-refractivity contribution in [3.8, 4) is 5.75 Å². The number of rotatable bonds is 5. The molecule has 0 saturated heterocycles. The van der Waals surface area contributed by atoms with E-state index in [2.05, 4.69) is 5.32 Å². The molecule has 0 aliphatic carbocycles. The lowest BCUT2D eigenvalue weighted by Crippen LogP contribution is -2.38. The smallest absolute Gasteiger partial charge is 0.260 e. The third-order valence-electron chi connectivity index (χ3n) is 1.96. The highest BCUT2D eigenvalue weighted by molar-refractivity contribution is 6.34. The van der Waals surface area contributed by atoms with Crippen LogP contribution < -0.4 is 15.8 Å². The normalized spacial score (nSPS) is 12.0. The van der Waals surface area contributed by atoms with Crippen molar-refractivity contribution in [1.29, 1.82) is 0 Å². The molecule has 0 fully saturated rings. The lowest BCUT2D eigenvalue weighted by molar-refractivity contribution is -0.127. The number of carbonyl (C=O) groups is 1. The summed E-state index contributed by atoms with van der Waals surface area (Å²) in [5, 5.41) is 3.55. The molecular formula is C11H14Cl2N2O2. The number of amides is 1. The molecule has 6 heteroatoms. The molecule has 1 amide bonds. The summed E-state index contributed by atoms with van der Waals surface area (Å²) in [5.74, 6) is 0.226. The average molecular weight is 277 g/mol. The van der Waals surface area contributed by atoms with Gasteiger partial charge in [0.1, 0.15) is 5.75 Å². The molecule has 4 nitrogen and oxygen atoms in total. The molecule has 3 N–H and O–H groups in total. The van der Waals surface area contributed by atoms with Crippen LogP contribution in [0.5, 0.6) is 5.75 Å². The lowest BCUT2D eigenvalue weighted by atomic mass is 10.3. The van der Waals surface area contributed by atoms with Gasteiger partial charge in [-0.25, -0.2) is 0 Å². The number of hydrogen-bond acceptors (Lipinski definition) is 3. The molecule has 94 valence electrons. The molecule has 0 radical (unpaired) electrons. The van der Waals surface area contributed by atoms with E-state index in [9.17, 15) is 4.79 Å². The van der Waals surface area contributed by atoms with Gasteiger partial charge in [0.15, 0.2) is 6.10 Å². The zero-order chi connectivity index (χ0) is 12.8. The molecule has 1 rings (SSSR count). The van der Waals surface area contributed by atoms with Crippen molar-refractivity contribution in [2.24, 2.45) is 5.73 Å². The molecule has 0 saturated carbocycles. The topological polar surface area (TPSA) is 64.3 Å². The number of halogens is 2. The number of ether oxygens (including phenoxy) is 1. The van der Waals surface area contributed by atoms with Crippen LogP contribution in [0.1, 0.15) is 6.92 Å². The first-order valence-electron chi connectivity index (χ1n) is 5.13. The van der Waals surface area contributed by atoms with Crippen LogP contribution in [0.4, 0.5) is 0 Å². The zero-order valence-corrected chi connectivity index (χ0v) is 10.9. The zero-order valence-electron chi connectivity index (χ0n) is 9.37. The van der Waals surface area contributed by atoms with Crippen LogP contribution in [0.3, 0.4) is 0 Å². The fourth-order valence-corrected chi connectivity index (χ4v) is 1.70. The van der Waals surface area contributed by atoms with E-state index in [1.54, 1.807) is 25.1 Å². The lowest BCUT2D eigenvalue weighted by Gasteiger charge is -2.14. The Hall–Kier alpha value is -0.970. The summed E-state index contributed by atoms with van der Waals surface area (Å²) < 4.78 is 5.41. The van der Waals surface area contributed by atoms with Gasteiger partial charge in [-0.1, -0.05) is 23.2 Å². The maximum absolute atomic E-state index is 11.5.